The summed E-state index contributed by atoms with van der Waals surface area (Å²) in [5, 5.41) is 6.78. The second-order valence-electron chi connectivity index (χ2n) is 8.31. The Hall–Kier alpha value is -0.610. The van der Waals surface area contributed by atoms with Gasteiger partial charge in [-0.05, 0) is 44.4 Å². The lowest BCUT2D eigenvalue weighted by molar-refractivity contribution is -0.148. The number of esters is 1. The van der Waals surface area contributed by atoms with Gasteiger partial charge in [0, 0.05) is 45.7 Å². The second-order valence-corrected chi connectivity index (χ2v) is 8.31. The Kier molecular flexibility index (Phi) is 13.9. The van der Waals surface area contributed by atoms with E-state index in [2.05, 4.69) is 34.4 Å². The molecule has 0 radical (unpaired) electrons. The van der Waals surface area contributed by atoms with Crippen molar-refractivity contribution in [1.29, 1.82) is 0 Å². The molecule has 2 N–H and O–H groups in total. The molecular weight excluding hydrogens is 483 g/mol. The highest BCUT2D eigenvalue weighted by atomic mass is 127. The van der Waals surface area contributed by atoms with Crippen LogP contribution >= 0.6 is 24.0 Å². The van der Waals surface area contributed by atoms with Crippen LogP contribution in [0.4, 0.5) is 0 Å². The van der Waals surface area contributed by atoms with Crippen LogP contribution in [0.25, 0.3) is 0 Å². The van der Waals surface area contributed by atoms with Crippen LogP contribution in [-0.4, -0.2) is 75.4 Å². The number of nitrogens with zero attached hydrogens (tertiary/aromatic N) is 2. The zero-order chi connectivity index (χ0) is 20.2. The molecule has 2 fully saturated rings. The van der Waals surface area contributed by atoms with E-state index in [0.717, 1.165) is 64.5 Å². The number of carbonyl (C=O) groups is 1. The molecule has 0 bridgehead atoms. The minimum absolute atomic E-state index is 0. The van der Waals surface area contributed by atoms with Crippen molar-refractivity contribution in [3.63, 3.8) is 0 Å². The lowest BCUT2D eigenvalue weighted by atomic mass is 10.0. The number of ether oxygens (including phenoxy) is 2. The van der Waals surface area contributed by atoms with Crippen LogP contribution in [0.2, 0.25) is 0 Å². The third-order valence-corrected chi connectivity index (χ3v) is 5.48. The van der Waals surface area contributed by atoms with Crippen molar-refractivity contribution in [2.45, 2.75) is 70.9 Å². The summed E-state index contributed by atoms with van der Waals surface area (Å²) in [7, 11) is 1.79. The third kappa shape index (κ3) is 10.8. The van der Waals surface area contributed by atoms with Crippen molar-refractivity contribution in [3.05, 3.63) is 0 Å². The molecule has 0 aromatic carbocycles. The third-order valence-electron chi connectivity index (χ3n) is 5.48. The predicted molar refractivity (Wildman–Crippen MR) is 128 cm³/mol. The first-order valence-electron chi connectivity index (χ1n) is 11.0. The van der Waals surface area contributed by atoms with Crippen molar-refractivity contribution in [2.75, 3.05) is 46.4 Å². The first kappa shape index (κ1) is 26.4. The molecular formula is C21H41IN4O3. The minimum atomic E-state index is -0.0686. The zero-order valence-corrected chi connectivity index (χ0v) is 20.8. The summed E-state index contributed by atoms with van der Waals surface area (Å²) in [5.74, 6) is 1.38. The van der Waals surface area contributed by atoms with E-state index in [9.17, 15) is 4.79 Å². The summed E-state index contributed by atoms with van der Waals surface area (Å²) in [6.07, 6.45) is 6.95. The van der Waals surface area contributed by atoms with E-state index in [-0.39, 0.29) is 36.0 Å². The number of nitrogens with one attached hydrogen (secondary N) is 2. The minimum Gasteiger partial charge on any atom is -0.462 e. The van der Waals surface area contributed by atoms with Crippen LogP contribution in [0.1, 0.15) is 58.8 Å². The van der Waals surface area contributed by atoms with E-state index in [1.54, 1.807) is 7.05 Å². The molecule has 2 rings (SSSR count). The van der Waals surface area contributed by atoms with Gasteiger partial charge in [-0.15, -0.1) is 24.0 Å². The maximum absolute atomic E-state index is 11.9. The molecule has 1 unspecified atom stereocenters. The number of hydrogen-bond acceptors (Lipinski definition) is 5. The number of morpholine rings is 1. The van der Waals surface area contributed by atoms with E-state index < -0.39 is 0 Å². The molecule has 0 amide bonds. The molecule has 8 heteroatoms. The Morgan fingerprint density at radius 2 is 1.90 bits per heavy atom. The van der Waals surface area contributed by atoms with Crippen LogP contribution < -0.4 is 10.6 Å². The molecule has 1 aliphatic carbocycles. The Morgan fingerprint density at radius 1 is 1.21 bits per heavy atom. The van der Waals surface area contributed by atoms with Crippen molar-refractivity contribution < 1.29 is 14.3 Å². The molecule has 1 saturated heterocycles. The quantitative estimate of drug-likeness (QED) is 0.151. The number of aliphatic imine (C=N–C) groups is 1. The Bertz CT molecular complexity index is 479. The van der Waals surface area contributed by atoms with Gasteiger partial charge in [0.15, 0.2) is 5.96 Å². The number of rotatable bonds is 10. The summed E-state index contributed by atoms with van der Waals surface area (Å²) in [6.45, 7) is 9.74. The van der Waals surface area contributed by atoms with Crippen LogP contribution in [-0.2, 0) is 14.3 Å². The highest BCUT2D eigenvalue weighted by Crippen LogP contribution is 2.21. The largest absolute Gasteiger partial charge is 0.462 e. The Morgan fingerprint density at radius 3 is 2.52 bits per heavy atom. The van der Waals surface area contributed by atoms with Crippen LogP contribution in [0.5, 0.6) is 0 Å². The Balaban J connectivity index is 0.00000420. The molecule has 0 aromatic rings. The molecule has 1 atom stereocenters. The van der Waals surface area contributed by atoms with E-state index >= 15 is 0 Å². The maximum Gasteiger partial charge on any atom is 0.306 e. The molecule has 29 heavy (non-hydrogen) atoms. The first-order chi connectivity index (χ1) is 13.6. The van der Waals surface area contributed by atoms with Crippen molar-refractivity contribution in [2.24, 2.45) is 10.9 Å². The number of halogens is 1. The summed E-state index contributed by atoms with van der Waals surface area (Å²) in [5.41, 5.74) is 0. The van der Waals surface area contributed by atoms with Gasteiger partial charge in [0.1, 0.15) is 6.10 Å². The lowest BCUT2D eigenvalue weighted by Gasteiger charge is -2.35. The van der Waals surface area contributed by atoms with Crippen LogP contribution in [0.15, 0.2) is 4.99 Å². The fraction of sp³-hybridized carbons (Fsp3) is 0.905. The van der Waals surface area contributed by atoms with Crippen LogP contribution in [0, 0.1) is 5.92 Å². The fourth-order valence-corrected chi connectivity index (χ4v) is 3.97. The van der Waals surface area contributed by atoms with E-state index in [1.807, 2.05) is 0 Å². The van der Waals surface area contributed by atoms with E-state index in [4.69, 9.17) is 9.47 Å². The SMILES string of the molecule is CN=C(NCCCC(=O)OC1CCCC1)NCC(CC(C)C)N1CCOCC1.I. The molecule has 1 aliphatic heterocycles. The molecule has 1 heterocycles. The molecule has 0 aromatic heterocycles. The van der Waals surface area contributed by atoms with Crippen molar-refractivity contribution >= 4 is 35.9 Å². The van der Waals surface area contributed by atoms with Gasteiger partial charge in [0.25, 0.3) is 0 Å². The van der Waals surface area contributed by atoms with Gasteiger partial charge in [0.2, 0.25) is 0 Å². The van der Waals surface area contributed by atoms with Gasteiger partial charge < -0.3 is 20.1 Å². The standard InChI is InChI=1S/C21H40N4O3.HI/c1-17(2)15-18(25-11-13-27-14-12-25)16-24-21(22-3)23-10-6-9-20(26)28-19-7-4-5-8-19;/h17-19H,4-16H2,1-3H3,(H2,22,23,24);1H. The van der Waals surface area contributed by atoms with Gasteiger partial charge in [-0.2, -0.15) is 0 Å². The molecule has 1 saturated carbocycles. The van der Waals surface area contributed by atoms with Gasteiger partial charge in [-0.1, -0.05) is 13.8 Å². The van der Waals surface area contributed by atoms with E-state index in [0.29, 0.717) is 24.9 Å². The summed E-state index contributed by atoms with van der Waals surface area (Å²) in [4.78, 5) is 18.7. The van der Waals surface area contributed by atoms with E-state index in [1.165, 1.54) is 12.8 Å². The maximum atomic E-state index is 11.9. The lowest BCUT2D eigenvalue weighted by Crippen LogP contribution is -2.51. The topological polar surface area (TPSA) is 75.2 Å². The smallest absolute Gasteiger partial charge is 0.306 e. The van der Waals surface area contributed by atoms with Gasteiger partial charge in [-0.3, -0.25) is 14.7 Å². The molecule has 0 spiro atoms. The average molecular weight is 524 g/mol. The summed E-state index contributed by atoms with van der Waals surface area (Å²) in [6, 6.07) is 0.476. The normalized spacial score (nSPS) is 19.7. The molecule has 2 aliphatic rings. The number of guanidine groups is 1. The Labute approximate surface area is 193 Å². The summed E-state index contributed by atoms with van der Waals surface area (Å²) >= 11 is 0. The van der Waals surface area contributed by atoms with Crippen LogP contribution in [0.3, 0.4) is 0 Å². The van der Waals surface area contributed by atoms with Gasteiger partial charge in [0.05, 0.1) is 13.2 Å². The highest BCUT2D eigenvalue weighted by molar-refractivity contribution is 14.0. The number of hydrogen-bond donors (Lipinski definition) is 2. The summed E-state index contributed by atoms with van der Waals surface area (Å²) < 4.78 is 11.0. The molecule has 7 nitrogen and oxygen atoms in total. The monoisotopic (exact) mass is 524 g/mol. The highest BCUT2D eigenvalue weighted by Gasteiger charge is 2.22. The van der Waals surface area contributed by atoms with Gasteiger partial charge in [-0.25, -0.2) is 0 Å². The second kappa shape index (κ2) is 15.2. The zero-order valence-electron chi connectivity index (χ0n) is 18.5. The predicted octanol–water partition coefficient (Wildman–Crippen LogP) is 2.78. The average Bonchev–Trinajstić information content (AvgIpc) is 3.19. The van der Waals surface area contributed by atoms with Crippen molar-refractivity contribution in [3.8, 4) is 0 Å². The first-order valence-corrected chi connectivity index (χ1v) is 11.0. The van der Waals surface area contributed by atoms with Crippen molar-refractivity contribution in [1.82, 2.24) is 15.5 Å². The van der Waals surface area contributed by atoms with Gasteiger partial charge >= 0.3 is 5.97 Å². The number of carbonyl (C=O) groups excluding carboxylic acids is 1. The molecule has 170 valence electrons. The fourth-order valence-electron chi connectivity index (χ4n) is 3.97.